The number of tetrazole rings is 1. The van der Waals surface area contributed by atoms with Gasteiger partial charge >= 0.3 is 0 Å². The summed E-state index contributed by atoms with van der Waals surface area (Å²) in [6.07, 6.45) is 4.78. The van der Waals surface area contributed by atoms with Gasteiger partial charge in [0.25, 0.3) is 0 Å². The third-order valence-corrected chi connectivity index (χ3v) is 4.22. The molecule has 1 aliphatic heterocycles. The van der Waals surface area contributed by atoms with Crippen molar-refractivity contribution in [1.29, 1.82) is 0 Å². The number of aromatic nitrogens is 6. The van der Waals surface area contributed by atoms with E-state index in [1.807, 2.05) is 24.5 Å². The zero-order valence-electron chi connectivity index (χ0n) is 12.8. The van der Waals surface area contributed by atoms with Crippen molar-refractivity contribution in [3.8, 4) is 0 Å². The minimum Gasteiger partial charge on any atom is -0.353 e. The Bertz CT molecular complexity index is 763. The number of pyridine rings is 1. The second-order valence-corrected chi connectivity index (χ2v) is 5.65. The minimum absolute atomic E-state index is 0.671. The highest BCUT2D eigenvalue weighted by Crippen LogP contribution is 2.13. The van der Waals surface area contributed by atoms with Crippen LogP contribution in [0.5, 0.6) is 0 Å². The van der Waals surface area contributed by atoms with Crippen molar-refractivity contribution < 1.29 is 0 Å². The minimum atomic E-state index is 0.671. The molecule has 8 heteroatoms. The summed E-state index contributed by atoms with van der Waals surface area (Å²) in [6.45, 7) is 5.10. The Balaban J connectivity index is 1.33. The van der Waals surface area contributed by atoms with Gasteiger partial charge in [0.15, 0.2) is 11.5 Å². The fourth-order valence-corrected chi connectivity index (χ4v) is 2.85. The number of piperazine rings is 1. The van der Waals surface area contributed by atoms with Crippen LogP contribution in [0.25, 0.3) is 5.65 Å². The summed E-state index contributed by atoms with van der Waals surface area (Å²) in [5.41, 5.74) is 2.01. The molecule has 8 nitrogen and oxygen atoms in total. The van der Waals surface area contributed by atoms with Gasteiger partial charge < -0.3 is 4.90 Å². The van der Waals surface area contributed by atoms with E-state index in [1.54, 1.807) is 0 Å². The zero-order chi connectivity index (χ0) is 15.5. The molecule has 0 radical (unpaired) electrons. The SMILES string of the molecule is c1cc(CCN2CCN(c3ccc4nnnn4n3)CC2)ccn1. The Morgan fingerprint density at radius 3 is 2.61 bits per heavy atom. The van der Waals surface area contributed by atoms with Crippen molar-refractivity contribution in [3.63, 3.8) is 0 Å². The van der Waals surface area contributed by atoms with Crippen molar-refractivity contribution >= 4 is 11.5 Å². The van der Waals surface area contributed by atoms with Crippen LogP contribution in [0, 0.1) is 0 Å². The van der Waals surface area contributed by atoms with Gasteiger partial charge in [-0.1, -0.05) is 0 Å². The molecule has 0 N–H and O–H groups in total. The monoisotopic (exact) mass is 310 g/mol. The molecule has 0 atom stereocenters. The second-order valence-electron chi connectivity index (χ2n) is 5.65. The number of nitrogens with zero attached hydrogens (tertiary/aromatic N) is 8. The summed E-state index contributed by atoms with van der Waals surface area (Å²) >= 11 is 0. The lowest BCUT2D eigenvalue weighted by Gasteiger charge is -2.35. The van der Waals surface area contributed by atoms with Gasteiger partial charge in [0, 0.05) is 45.1 Å². The molecular weight excluding hydrogens is 292 g/mol. The third-order valence-electron chi connectivity index (χ3n) is 4.22. The lowest BCUT2D eigenvalue weighted by Crippen LogP contribution is -2.47. The van der Waals surface area contributed by atoms with Crippen molar-refractivity contribution in [2.24, 2.45) is 0 Å². The molecule has 4 rings (SSSR count). The maximum atomic E-state index is 4.46. The fraction of sp³-hybridized carbons (Fsp3) is 0.400. The summed E-state index contributed by atoms with van der Waals surface area (Å²) < 4.78 is 1.48. The Labute approximate surface area is 133 Å². The van der Waals surface area contributed by atoms with Crippen LogP contribution in [0.15, 0.2) is 36.7 Å². The number of hydrogen-bond acceptors (Lipinski definition) is 7. The molecule has 0 unspecified atom stereocenters. The van der Waals surface area contributed by atoms with Gasteiger partial charge in [0.2, 0.25) is 0 Å². The second kappa shape index (κ2) is 6.25. The van der Waals surface area contributed by atoms with Gasteiger partial charge in [-0.2, -0.15) is 0 Å². The maximum Gasteiger partial charge on any atom is 0.200 e. The molecule has 3 aromatic heterocycles. The van der Waals surface area contributed by atoms with Crippen LogP contribution in [0.4, 0.5) is 5.82 Å². The molecule has 3 aromatic rings. The molecule has 23 heavy (non-hydrogen) atoms. The van der Waals surface area contributed by atoms with E-state index in [1.165, 1.54) is 10.2 Å². The normalized spacial score (nSPS) is 16.1. The number of hydrogen-bond donors (Lipinski definition) is 0. The van der Waals surface area contributed by atoms with E-state index in [2.05, 4.69) is 47.5 Å². The molecule has 1 fully saturated rings. The Morgan fingerprint density at radius 1 is 0.957 bits per heavy atom. The van der Waals surface area contributed by atoms with E-state index in [-0.39, 0.29) is 0 Å². The lowest BCUT2D eigenvalue weighted by atomic mass is 10.2. The van der Waals surface area contributed by atoms with Crippen molar-refractivity contribution in [3.05, 3.63) is 42.2 Å². The molecule has 118 valence electrons. The van der Waals surface area contributed by atoms with Crippen LogP contribution in [-0.4, -0.2) is 67.9 Å². The molecule has 0 amide bonds. The molecule has 0 aromatic carbocycles. The van der Waals surface area contributed by atoms with Crippen LogP contribution >= 0.6 is 0 Å². The van der Waals surface area contributed by atoms with Crippen molar-refractivity contribution in [1.82, 2.24) is 35.1 Å². The van der Waals surface area contributed by atoms with Crippen molar-refractivity contribution in [2.45, 2.75) is 6.42 Å². The van der Waals surface area contributed by atoms with Crippen LogP contribution < -0.4 is 4.90 Å². The first-order valence-corrected chi connectivity index (χ1v) is 7.80. The smallest absolute Gasteiger partial charge is 0.200 e. The summed E-state index contributed by atoms with van der Waals surface area (Å²) in [6, 6.07) is 8.06. The number of rotatable bonds is 4. The molecule has 4 heterocycles. The van der Waals surface area contributed by atoms with E-state index in [9.17, 15) is 0 Å². The first-order valence-electron chi connectivity index (χ1n) is 7.80. The quantitative estimate of drug-likeness (QED) is 0.685. The van der Waals surface area contributed by atoms with Gasteiger partial charge in [-0.25, -0.2) is 0 Å². The van der Waals surface area contributed by atoms with Gasteiger partial charge in [-0.3, -0.25) is 9.88 Å². The molecule has 0 bridgehead atoms. The predicted molar refractivity (Wildman–Crippen MR) is 85.2 cm³/mol. The van der Waals surface area contributed by atoms with Gasteiger partial charge in [-0.15, -0.1) is 14.8 Å². The van der Waals surface area contributed by atoms with E-state index >= 15 is 0 Å². The topological polar surface area (TPSA) is 75.3 Å². The lowest BCUT2D eigenvalue weighted by molar-refractivity contribution is 0.260. The molecule has 0 aliphatic carbocycles. The fourth-order valence-electron chi connectivity index (χ4n) is 2.85. The average molecular weight is 310 g/mol. The molecule has 1 aliphatic rings. The summed E-state index contributed by atoms with van der Waals surface area (Å²) in [7, 11) is 0. The Hall–Kier alpha value is -2.61. The van der Waals surface area contributed by atoms with Crippen LogP contribution in [0.1, 0.15) is 5.56 Å². The standard InChI is InChI=1S/C15H18N8/c1-2-15(18-23-14(1)17-19-20-23)22-11-9-21(10-12-22)8-5-13-3-6-16-7-4-13/h1-4,6-7H,5,8-12H2. The van der Waals surface area contributed by atoms with E-state index in [0.29, 0.717) is 5.65 Å². The first kappa shape index (κ1) is 14.0. The van der Waals surface area contributed by atoms with Gasteiger partial charge in [0.05, 0.1) is 0 Å². The van der Waals surface area contributed by atoms with E-state index in [4.69, 9.17) is 0 Å². The zero-order valence-corrected chi connectivity index (χ0v) is 12.8. The third kappa shape index (κ3) is 3.11. The number of anilines is 1. The molecule has 1 saturated heterocycles. The van der Waals surface area contributed by atoms with Gasteiger partial charge in [0.1, 0.15) is 0 Å². The molecular formula is C15H18N8. The van der Waals surface area contributed by atoms with Crippen molar-refractivity contribution in [2.75, 3.05) is 37.6 Å². The maximum absolute atomic E-state index is 4.46. The summed E-state index contributed by atoms with van der Waals surface area (Å²) in [5.74, 6) is 0.929. The molecule has 0 saturated carbocycles. The van der Waals surface area contributed by atoms with E-state index < -0.39 is 0 Å². The molecule has 0 spiro atoms. The Kier molecular flexibility index (Phi) is 3.81. The Morgan fingerprint density at radius 2 is 1.78 bits per heavy atom. The first-order chi connectivity index (χ1) is 11.4. The van der Waals surface area contributed by atoms with Crippen LogP contribution in [-0.2, 0) is 6.42 Å². The summed E-state index contributed by atoms with van der Waals surface area (Å²) in [5, 5.41) is 15.8. The highest BCUT2D eigenvalue weighted by molar-refractivity contribution is 5.44. The van der Waals surface area contributed by atoms with Crippen LogP contribution in [0.2, 0.25) is 0 Å². The highest BCUT2D eigenvalue weighted by Gasteiger charge is 2.18. The van der Waals surface area contributed by atoms with Crippen LogP contribution in [0.3, 0.4) is 0 Å². The number of fused-ring (bicyclic) bond motifs is 1. The summed E-state index contributed by atoms with van der Waals surface area (Å²) in [4.78, 5) is 8.83. The average Bonchev–Trinajstić information content (AvgIpc) is 3.09. The largest absolute Gasteiger partial charge is 0.353 e. The van der Waals surface area contributed by atoms with Gasteiger partial charge in [-0.05, 0) is 46.7 Å². The van der Waals surface area contributed by atoms with E-state index in [0.717, 1.165) is 45.0 Å². The predicted octanol–water partition coefficient (Wildman–Crippen LogP) is 0.279. The highest BCUT2D eigenvalue weighted by atomic mass is 15.6.